The molecule has 0 aromatic heterocycles. The van der Waals surface area contributed by atoms with Gasteiger partial charge in [0.05, 0.1) is 5.92 Å². The Morgan fingerprint density at radius 2 is 1.60 bits per heavy atom. The van der Waals surface area contributed by atoms with E-state index in [1.807, 2.05) is 0 Å². The van der Waals surface area contributed by atoms with Crippen molar-refractivity contribution < 1.29 is 13.2 Å². The Bertz CT molecular complexity index is 95.5. The highest BCUT2D eigenvalue weighted by Crippen LogP contribution is 2.32. The fraction of sp³-hybridized carbons (Fsp3) is 1.00. The van der Waals surface area contributed by atoms with Gasteiger partial charge in [-0.3, -0.25) is 0 Å². The summed E-state index contributed by atoms with van der Waals surface area (Å²) in [6, 6.07) is 0. The Balaban J connectivity index is 3.94. The van der Waals surface area contributed by atoms with Crippen LogP contribution in [-0.4, -0.2) is 6.18 Å². The third-order valence-electron chi connectivity index (χ3n) is 2.01. The average Bonchev–Trinajstić information content (AvgIpc) is 1.83. The van der Waals surface area contributed by atoms with Gasteiger partial charge >= 0.3 is 6.18 Å². The molecule has 0 aliphatic heterocycles. The fourth-order valence-corrected chi connectivity index (χ4v) is 0.676. The smallest absolute Gasteiger partial charge is 0.171 e. The molecule has 0 radical (unpaired) electrons. The molecule has 0 aromatic carbocycles. The van der Waals surface area contributed by atoms with Crippen molar-refractivity contribution in [2.24, 2.45) is 11.8 Å². The number of rotatable bonds is 2. The molecule has 0 bridgehead atoms. The van der Waals surface area contributed by atoms with E-state index in [9.17, 15) is 13.2 Å². The van der Waals surface area contributed by atoms with Crippen LogP contribution in [0.1, 0.15) is 27.2 Å². The third kappa shape index (κ3) is 2.58. The van der Waals surface area contributed by atoms with Crippen molar-refractivity contribution in [1.82, 2.24) is 0 Å². The summed E-state index contributed by atoms with van der Waals surface area (Å²) < 4.78 is 35.7. The Kier molecular flexibility index (Phi) is 3.19. The van der Waals surface area contributed by atoms with Crippen molar-refractivity contribution in [3.05, 3.63) is 0 Å². The molecule has 0 saturated carbocycles. The normalized spacial score (nSPS) is 18.6. The Labute approximate surface area is 59.4 Å². The fourth-order valence-electron chi connectivity index (χ4n) is 0.676. The van der Waals surface area contributed by atoms with Gasteiger partial charge in [0, 0.05) is 0 Å². The molecule has 0 N–H and O–H groups in total. The summed E-state index contributed by atoms with van der Waals surface area (Å²) >= 11 is 0. The van der Waals surface area contributed by atoms with Gasteiger partial charge < -0.3 is 0 Å². The lowest BCUT2D eigenvalue weighted by Crippen LogP contribution is -2.25. The second-order valence-corrected chi connectivity index (χ2v) is 2.72. The molecule has 3 heteroatoms. The van der Waals surface area contributed by atoms with E-state index >= 15 is 0 Å². The summed E-state index contributed by atoms with van der Waals surface area (Å²) in [7, 11) is 0. The summed E-state index contributed by atoms with van der Waals surface area (Å²) in [6.45, 7) is 4.62. The molecule has 2 atom stereocenters. The van der Waals surface area contributed by atoms with Gasteiger partial charge in [-0.2, -0.15) is 13.2 Å². The maximum atomic E-state index is 11.9. The molecule has 62 valence electrons. The minimum atomic E-state index is -4.02. The zero-order valence-electron chi connectivity index (χ0n) is 6.50. The standard InChI is InChI=1S/C7H13F3/c1-4-5(2)6(3)7(8,9)10/h5-6H,4H2,1-3H3. The van der Waals surface area contributed by atoms with Gasteiger partial charge in [0.1, 0.15) is 0 Å². The van der Waals surface area contributed by atoms with Gasteiger partial charge in [0.25, 0.3) is 0 Å². The molecule has 0 rings (SSSR count). The lowest BCUT2D eigenvalue weighted by atomic mass is 9.93. The monoisotopic (exact) mass is 154 g/mol. The van der Waals surface area contributed by atoms with E-state index in [0.717, 1.165) is 0 Å². The largest absolute Gasteiger partial charge is 0.391 e. The van der Waals surface area contributed by atoms with E-state index in [2.05, 4.69) is 0 Å². The molecule has 0 nitrogen and oxygen atoms in total. The van der Waals surface area contributed by atoms with Crippen LogP contribution in [0.3, 0.4) is 0 Å². The second kappa shape index (κ2) is 3.26. The quantitative estimate of drug-likeness (QED) is 0.572. The Morgan fingerprint density at radius 3 is 1.70 bits per heavy atom. The van der Waals surface area contributed by atoms with Crippen LogP contribution in [0.2, 0.25) is 0 Å². The SMILES string of the molecule is CCC(C)C(C)C(F)(F)F. The molecule has 0 spiro atoms. The molecule has 0 heterocycles. The van der Waals surface area contributed by atoms with Crippen LogP contribution in [-0.2, 0) is 0 Å². The molecular weight excluding hydrogens is 141 g/mol. The van der Waals surface area contributed by atoms with Crippen molar-refractivity contribution in [2.75, 3.05) is 0 Å². The zero-order valence-corrected chi connectivity index (χ0v) is 6.50. The van der Waals surface area contributed by atoms with E-state index in [1.54, 1.807) is 13.8 Å². The van der Waals surface area contributed by atoms with Crippen LogP contribution in [0.25, 0.3) is 0 Å². The van der Waals surface area contributed by atoms with E-state index < -0.39 is 12.1 Å². The van der Waals surface area contributed by atoms with Gasteiger partial charge in [-0.05, 0) is 5.92 Å². The highest BCUT2D eigenvalue weighted by Gasteiger charge is 2.38. The molecule has 0 aliphatic rings. The number of hydrogen-bond donors (Lipinski definition) is 0. The highest BCUT2D eigenvalue weighted by atomic mass is 19.4. The predicted molar refractivity (Wildman–Crippen MR) is 34.7 cm³/mol. The molecule has 0 amide bonds. The number of hydrogen-bond acceptors (Lipinski definition) is 0. The van der Waals surface area contributed by atoms with Crippen molar-refractivity contribution in [3.8, 4) is 0 Å². The first-order valence-electron chi connectivity index (χ1n) is 3.46. The summed E-state index contributed by atoms with van der Waals surface area (Å²) in [6.07, 6.45) is -3.43. The minimum Gasteiger partial charge on any atom is -0.171 e. The number of halogens is 3. The zero-order chi connectivity index (χ0) is 8.36. The van der Waals surface area contributed by atoms with Crippen LogP contribution in [0.5, 0.6) is 0 Å². The van der Waals surface area contributed by atoms with Crippen molar-refractivity contribution >= 4 is 0 Å². The number of alkyl halides is 3. The van der Waals surface area contributed by atoms with E-state index in [0.29, 0.717) is 6.42 Å². The Hall–Kier alpha value is -0.210. The van der Waals surface area contributed by atoms with Crippen molar-refractivity contribution in [1.29, 1.82) is 0 Å². The summed E-state index contributed by atoms with van der Waals surface area (Å²) in [5, 5.41) is 0. The molecule has 0 saturated heterocycles. The summed E-state index contributed by atoms with van der Waals surface area (Å²) in [5.41, 5.74) is 0. The van der Waals surface area contributed by atoms with Crippen molar-refractivity contribution in [2.45, 2.75) is 33.4 Å². The topological polar surface area (TPSA) is 0 Å². The van der Waals surface area contributed by atoms with Gasteiger partial charge in [0.15, 0.2) is 0 Å². The van der Waals surface area contributed by atoms with Crippen LogP contribution in [0.4, 0.5) is 13.2 Å². The second-order valence-electron chi connectivity index (χ2n) is 2.72. The lowest BCUT2D eigenvalue weighted by Gasteiger charge is -2.20. The van der Waals surface area contributed by atoms with E-state index in [1.165, 1.54) is 6.92 Å². The van der Waals surface area contributed by atoms with Gasteiger partial charge in [-0.1, -0.05) is 27.2 Å². The summed E-state index contributed by atoms with van der Waals surface area (Å²) in [5.74, 6) is -1.43. The molecular formula is C7H13F3. The van der Waals surface area contributed by atoms with Gasteiger partial charge in [0.2, 0.25) is 0 Å². The molecule has 0 aliphatic carbocycles. The highest BCUT2D eigenvalue weighted by molar-refractivity contribution is 4.67. The molecule has 10 heavy (non-hydrogen) atoms. The minimum absolute atomic E-state index is 0.264. The van der Waals surface area contributed by atoms with E-state index in [-0.39, 0.29) is 5.92 Å². The van der Waals surface area contributed by atoms with Gasteiger partial charge in [-0.25, -0.2) is 0 Å². The first-order chi connectivity index (χ1) is 4.39. The Morgan fingerprint density at radius 1 is 1.20 bits per heavy atom. The van der Waals surface area contributed by atoms with Crippen molar-refractivity contribution in [3.63, 3.8) is 0 Å². The van der Waals surface area contributed by atoms with Crippen LogP contribution in [0.15, 0.2) is 0 Å². The maximum Gasteiger partial charge on any atom is 0.391 e. The average molecular weight is 154 g/mol. The first kappa shape index (κ1) is 9.79. The molecule has 0 fully saturated rings. The first-order valence-corrected chi connectivity index (χ1v) is 3.46. The predicted octanol–water partition coefficient (Wildman–Crippen LogP) is 3.23. The summed E-state index contributed by atoms with van der Waals surface area (Å²) in [4.78, 5) is 0. The third-order valence-corrected chi connectivity index (χ3v) is 2.01. The van der Waals surface area contributed by atoms with Crippen LogP contribution in [0, 0.1) is 11.8 Å². The van der Waals surface area contributed by atoms with Crippen LogP contribution >= 0.6 is 0 Å². The molecule has 2 unspecified atom stereocenters. The lowest BCUT2D eigenvalue weighted by molar-refractivity contribution is -0.182. The maximum absolute atomic E-state index is 11.9. The van der Waals surface area contributed by atoms with E-state index in [4.69, 9.17) is 0 Å². The van der Waals surface area contributed by atoms with Gasteiger partial charge in [-0.15, -0.1) is 0 Å². The van der Waals surface area contributed by atoms with Crippen LogP contribution < -0.4 is 0 Å². The molecule has 0 aromatic rings.